The molecule has 0 amide bonds. The molecule has 2 nitrogen and oxygen atoms in total. The van der Waals surface area contributed by atoms with E-state index in [1.165, 1.54) is 18.7 Å². The van der Waals surface area contributed by atoms with E-state index in [4.69, 9.17) is 5.73 Å². The summed E-state index contributed by atoms with van der Waals surface area (Å²) in [6.45, 7) is 6.96. The molecule has 0 aromatic rings. The predicted molar refractivity (Wildman–Crippen MR) is 59.0 cm³/mol. The van der Waals surface area contributed by atoms with E-state index in [1.54, 1.807) is 0 Å². The van der Waals surface area contributed by atoms with Crippen LogP contribution in [0.15, 0.2) is 0 Å². The van der Waals surface area contributed by atoms with Crippen LogP contribution in [0.25, 0.3) is 0 Å². The summed E-state index contributed by atoms with van der Waals surface area (Å²) in [6, 6.07) is 1.23. The Morgan fingerprint density at radius 2 is 2.08 bits per heavy atom. The van der Waals surface area contributed by atoms with Gasteiger partial charge in [-0.2, -0.15) is 11.8 Å². The van der Waals surface area contributed by atoms with Crippen molar-refractivity contribution in [3.63, 3.8) is 0 Å². The lowest BCUT2D eigenvalue weighted by Gasteiger charge is -2.22. The van der Waals surface area contributed by atoms with E-state index in [9.17, 15) is 0 Å². The van der Waals surface area contributed by atoms with Crippen LogP contribution in [0.2, 0.25) is 0 Å². The molecule has 4 unspecified atom stereocenters. The molecule has 2 N–H and O–H groups in total. The Morgan fingerprint density at radius 1 is 1.31 bits per heavy atom. The molecule has 76 valence electrons. The number of nitrogens with two attached hydrogens (primary N) is 1. The smallest absolute Gasteiger partial charge is 0.0206 e. The highest BCUT2D eigenvalue weighted by atomic mass is 32.2. The van der Waals surface area contributed by atoms with Gasteiger partial charge in [0.1, 0.15) is 0 Å². The third kappa shape index (κ3) is 2.03. The molecule has 0 spiro atoms. The summed E-state index contributed by atoms with van der Waals surface area (Å²) in [5.41, 5.74) is 6.02. The fourth-order valence-electron chi connectivity index (χ4n) is 2.38. The molecule has 0 bridgehead atoms. The van der Waals surface area contributed by atoms with Crippen molar-refractivity contribution in [2.45, 2.75) is 37.6 Å². The molecule has 2 rings (SSSR count). The zero-order valence-corrected chi connectivity index (χ0v) is 9.39. The number of rotatable bonds is 1. The Morgan fingerprint density at radius 3 is 2.54 bits per heavy atom. The first-order chi connectivity index (χ1) is 6.16. The molecule has 3 heteroatoms. The number of likely N-dealkylation sites (tertiary alicyclic amines) is 1. The highest BCUT2D eigenvalue weighted by molar-refractivity contribution is 8.00. The van der Waals surface area contributed by atoms with Crippen molar-refractivity contribution >= 4 is 11.8 Å². The highest BCUT2D eigenvalue weighted by Gasteiger charge is 2.34. The zero-order chi connectivity index (χ0) is 9.42. The Bertz CT molecular complexity index is 176. The maximum atomic E-state index is 6.02. The standard InChI is InChI=1S/C10H20N2S/c1-7-4-12(5-10(7)11)9-3-8(2)13-6-9/h7-10H,3-6,11H2,1-2H3. The second kappa shape index (κ2) is 3.79. The van der Waals surface area contributed by atoms with Gasteiger partial charge in [0.25, 0.3) is 0 Å². The van der Waals surface area contributed by atoms with Gasteiger partial charge in [-0.05, 0) is 12.3 Å². The van der Waals surface area contributed by atoms with E-state index in [0.29, 0.717) is 12.0 Å². The van der Waals surface area contributed by atoms with Crippen LogP contribution in [-0.4, -0.2) is 41.1 Å². The molecule has 4 atom stereocenters. The van der Waals surface area contributed by atoms with Crippen molar-refractivity contribution in [2.24, 2.45) is 11.7 Å². The van der Waals surface area contributed by atoms with E-state index in [1.807, 2.05) is 0 Å². The average molecular weight is 200 g/mol. The normalized spacial score (nSPS) is 47.3. The molecule has 2 heterocycles. The van der Waals surface area contributed by atoms with Gasteiger partial charge in [0.2, 0.25) is 0 Å². The van der Waals surface area contributed by atoms with Crippen LogP contribution in [0.1, 0.15) is 20.3 Å². The molecular weight excluding hydrogens is 180 g/mol. The van der Waals surface area contributed by atoms with Gasteiger partial charge in [-0.15, -0.1) is 0 Å². The number of hydrogen-bond acceptors (Lipinski definition) is 3. The third-order valence-corrected chi connectivity index (χ3v) is 4.73. The number of thioether (sulfide) groups is 1. The van der Waals surface area contributed by atoms with Gasteiger partial charge in [-0.1, -0.05) is 13.8 Å². The van der Waals surface area contributed by atoms with Crippen molar-refractivity contribution in [1.29, 1.82) is 0 Å². The largest absolute Gasteiger partial charge is 0.326 e. The van der Waals surface area contributed by atoms with Gasteiger partial charge >= 0.3 is 0 Å². The minimum atomic E-state index is 0.418. The first-order valence-electron chi connectivity index (χ1n) is 5.28. The molecule has 0 aromatic carbocycles. The first-order valence-corrected chi connectivity index (χ1v) is 6.33. The summed E-state index contributed by atoms with van der Waals surface area (Å²) in [5, 5.41) is 0.858. The lowest BCUT2D eigenvalue weighted by atomic mass is 10.1. The van der Waals surface area contributed by atoms with Crippen molar-refractivity contribution in [3.8, 4) is 0 Å². The molecule has 0 aromatic heterocycles. The summed E-state index contributed by atoms with van der Waals surface area (Å²) >= 11 is 2.11. The lowest BCUT2D eigenvalue weighted by Crippen LogP contribution is -2.35. The molecule has 2 fully saturated rings. The molecule has 2 saturated heterocycles. The minimum Gasteiger partial charge on any atom is -0.326 e. The summed E-state index contributed by atoms with van der Waals surface area (Å²) in [4.78, 5) is 2.60. The monoisotopic (exact) mass is 200 g/mol. The Labute approximate surface area is 85.2 Å². The SMILES string of the molecule is CC1CC(N2CC(C)C(N)C2)CS1. The Hall–Kier alpha value is 0.270. The molecule has 0 radical (unpaired) electrons. The fourth-order valence-corrected chi connectivity index (χ4v) is 3.63. The van der Waals surface area contributed by atoms with Crippen LogP contribution in [0.5, 0.6) is 0 Å². The van der Waals surface area contributed by atoms with E-state index >= 15 is 0 Å². The van der Waals surface area contributed by atoms with Gasteiger partial charge in [-0.25, -0.2) is 0 Å². The summed E-state index contributed by atoms with van der Waals surface area (Å²) in [5.74, 6) is 2.02. The Kier molecular flexibility index (Phi) is 2.86. The van der Waals surface area contributed by atoms with Gasteiger partial charge in [0.05, 0.1) is 0 Å². The average Bonchev–Trinajstić information content (AvgIpc) is 2.61. The Balaban J connectivity index is 1.89. The van der Waals surface area contributed by atoms with Crippen LogP contribution >= 0.6 is 11.8 Å². The van der Waals surface area contributed by atoms with E-state index < -0.39 is 0 Å². The molecule has 2 aliphatic heterocycles. The van der Waals surface area contributed by atoms with Gasteiger partial charge in [-0.3, -0.25) is 4.90 Å². The van der Waals surface area contributed by atoms with E-state index in [-0.39, 0.29) is 0 Å². The predicted octanol–water partition coefficient (Wildman–Crippen LogP) is 1.16. The van der Waals surface area contributed by atoms with Gasteiger partial charge < -0.3 is 5.73 Å². The second-order valence-corrected chi connectivity index (χ2v) is 6.10. The summed E-state index contributed by atoms with van der Waals surface area (Å²) < 4.78 is 0. The van der Waals surface area contributed by atoms with Gasteiger partial charge in [0, 0.05) is 36.2 Å². The van der Waals surface area contributed by atoms with Gasteiger partial charge in [0.15, 0.2) is 0 Å². The third-order valence-electron chi connectivity index (χ3n) is 3.39. The molecule has 13 heavy (non-hydrogen) atoms. The van der Waals surface area contributed by atoms with Crippen LogP contribution in [0.4, 0.5) is 0 Å². The lowest BCUT2D eigenvalue weighted by molar-refractivity contribution is 0.250. The van der Waals surface area contributed by atoms with Crippen molar-refractivity contribution < 1.29 is 0 Å². The summed E-state index contributed by atoms with van der Waals surface area (Å²) in [6.07, 6.45) is 1.37. The maximum Gasteiger partial charge on any atom is 0.0206 e. The number of nitrogens with zero attached hydrogens (tertiary/aromatic N) is 1. The van der Waals surface area contributed by atoms with Crippen molar-refractivity contribution in [2.75, 3.05) is 18.8 Å². The molecule has 0 saturated carbocycles. The zero-order valence-electron chi connectivity index (χ0n) is 8.57. The quantitative estimate of drug-likeness (QED) is 0.689. The second-order valence-electron chi connectivity index (χ2n) is 4.63. The topological polar surface area (TPSA) is 29.3 Å². The molecular formula is C10H20N2S. The fraction of sp³-hybridized carbons (Fsp3) is 1.00. The van der Waals surface area contributed by atoms with Crippen molar-refractivity contribution in [1.82, 2.24) is 4.90 Å². The van der Waals surface area contributed by atoms with Crippen molar-refractivity contribution in [3.05, 3.63) is 0 Å². The van der Waals surface area contributed by atoms with Crippen LogP contribution in [-0.2, 0) is 0 Å². The first kappa shape index (κ1) is 9.81. The summed E-state index contributed by atoms with van der Waals surface area (Å²) in [7, 11) is 0. The number of hydrogen-bond donors (Lipinski definition) is 1. The van der Waals surface area contributed by atoms with Crippen LogP contribution in [0.3, 0.4) is 0 Å². The maximum absolute atomic E-state index is 6.02. The minimum absolute atomic E-state index is 0.418. The van der Waals surface area contributed by atoms with Crippen LogP contribution < -0.4 is 5.73 Å². The van der Waals surface area contributed by atoms with E-state index in [0.717, 1.165) is 17.8 Å². The molecule has 2 aliphatic rings. The highest BCUT2D eigenvalue weighted by Crippen LogP contribution is 2.31. The van der Waals surface area contributed by atoms with Crippen LogP contribution in [0, 0.1) is 5.92 Å². The molecule has 0 aliphatic carbocycles. The van der Waals surface area contributed by atoms with E-state index in [2.05, 4.69) is 30.5 Å².